The molecule has 0 radical (unpaired) electrons. The fraction of sp³-hybridized carbons (Fsp3) is 0.154. The minimum Gasteiger partial charge on any atom is -0.278 e. The summed E-state index contributed by atoms with van der Waals surface area (Å²) in [7, 11) is 0. The van der Waals surface area contributed by atoms with Crippen LogP contribution in [0, 0.1) is 0 Å². The van der Waals surface area contributed by atoms with Gasteiger partial charge in [-0.15, -0.1) is 0 Å². The van der Waals surface area contributed by atoms with Gasteiger partial charge in [0.15, 0.2) is 0 Å². The molecule has 1 aliphatic rings. The maximum Gasteiger partial charge on any atom is 0.329 e. The number of carbonyl (C=O) groups is 2. The highest BCUT2D eigenvalue weighted by Crippen LogP contribution is 2.22. The summed E-state index contributed by atoms with van der Waals surface area (Å²) in [4.78, 5) is 28.8. The number of amides is 3. The van der Waals surface area contributed by atoms with Crippen LogP contribution in [0.3, 0.4) is 0 Å². The first kappa shape index (κ1) is 12.1. The fourth-order valence-electron chi connectivity index (χ4n) is 2.02. The largest absolute Gasteiger partial charge is 0.329 e. The third kappa shape index (κ3) is 2.31. The number of rotatable bonds is 1. The Balaban J connectivity index is 1.99. The Labute approximate surface area is 117 Å². The van der Waals surface area contributed by atoms with Crippen LogP contribution in [0.5, 0.6) is 0 Å². The molecule has 0 atom stereocenters. The molecular weight excluding hydrogens is 310 g/mol. The molecule has 1 N–H and O–H groups in total. The van der Waals surface area contributed by atoms with Crippen LogP contribution >= 0.6 is 15.9 Å². The molecule has 19 heavy (non-hydrogen) atoms. The third-order valence-electron chi connectivity index (χ3n) is 2.97. The lowest BCUT2D eigenvalue weighted by Crippen LogP contribution is -2.49. The van der Waals surface area contributed by atoms with Gasteiger partial charge in [0.2, 0.25) is 5.91 Å². The van der Waals surface area contributed by atoms with Gasteiger partial charge >= 0.3 is 6.03 Å². The first-order valence-corrected chi connectivity index (χ1v) is 6.60. The van der Waals surface area contributed by atoms with E-state index in [2.05, 4.69) is 26.2 Å². The summed E-state index contributed by atoms with van der Waals surface area (Å²) >= 11 is 3.40. The molecule has 0 spiro atoms. The molecule has 1 aromatic heterocycles. The molecule has 2 heterocycles. The van der Waals surface area contributed by atoms with Gasteiger partial charge in [-0.2, -0.15) is 0 Å². The van der Waals surface area contributed by atoms with Gasteiger partial charge in [0.25, 0.3) is 0 Å². The zero-order chi connectivity index (χ0) is 13.4. The van der Waals surface area contributed by atoms with Gasteiger partial charge < -0.3 is 0 Å². The number of halogens is 1. The number of carbonyl (C=O) groups excluding carboxylic acids is 2. The Bertz CT molecular complexity index is 687. The molecule has 1 fully saturated rings. The first-order chi connectivity index (χ1) is 9.13. The molecule has 0 aliphatic carbocycles. The number of anilines is 1. The van der Waals surface area contributed by atoms with Gasteiger partial charge in [-0.3, -0.25) is 15.0 Å². The van der Waals surface area contributed by atoms with E-state index >= 15 is 0 Å². The number of nitrogens with zero attached hydrogens (tertiary/aromatic N) is 2. The summed E-state index contributed by atoms with van der Waals surface area (Å²) in [6.07, 6.45) is 0.297. The highest BCUT2D eigenvalue weighted by molar-refractivity contribution is 9.10. The van der Waals surface area contributed by atoms with Crippen molar-refractivity contribution < 1.29 is 9.59 Å². The highest BCUT2D eigenvalue weighted by atomic mass is 79.9. The molecule has 6 heteroatoms. The van der Waals surface area contributed by atoms with Gasteiger partial charge in [0.1, 0.15) is 5.82 Å². The summed E-state index contributed by atoms with van der Waals surface area (Å²) in [5.41, 5.74) is 0.811. The Morgan fingerprint density at radius 3 is 2.84 bits per heavy atom. The van der Waals surface area contributed by atoms with Crippen LogP contribution in [-0.2, 0) is 4.79 Å². The zero-order valence-electron chi connectivity index (χ0n) is 9.89. The standard InChI is InChI=1S/C13H10BrN3O2/c14-9-2-3-10-8(7-9)1-4-11(15-10)17-6-5-12(18)16-13(17)19/h1-4,7H,5-6H2,(H,16,18,19). The van der Waals surface area contributed by atoms with Crippen LogP contribution in [-0.4, -0.2) is 23.5 Å². The van der Waals surface area contributed by atoms with Crippen molar-refractivity contribution in [3.05, 3.63) is 34.8 Å². The normalized spacial score (nSPS) is 15.7. The highest BCUT2D eigenvalue weighted by Gasteiger charge is 2.25. The molecular formula is C13H10BrN3O2. The van der Waals surface area contributed by atoms with Crippen molar-refractivity contribution >= 4 is 44.6 Å². The van der Waals surface area contributed by atoms with Crippen molar-refractivity contribution in [2.75, 3.05) is 11.4 Å². The summed E-state index contributed by atoms with van der Waals surface area (Å²) < 4.78 is 0.982. The minimum absolute atomic E-state index is 0.244. The van der Waals surface area contributed by atoms with Crippen LogP contribution in [0.4, 0.5) is 10.6 Å². The van der Waals surface area contributed by atoms with Crippen molar-refractivity contribution in [2.24, 2.45) is 0 Å². The zero-order valence-corrected chi connectivity index (χ0v) is 11.5. The number of pyridine rings is 1. The number of urea groups is 1. The van der Waals surface area contributed by atoms with Crippen LogP contribution in [0.1, 0.15) is 6.42 Å². The van der Waals surface area contributed by atoms with Gasteiger partial charge in [0.05, 0.1) is 5.52 Å². The molecule has 0 unspecified atom stereocenters. The van der Waals surface area contributed by atoms with Crippen LogP contribution in [0.2, 0.25) is 0 Å². The molecule has 3 rings (SSSR count). The third-order valence-corrected chi connectivity index (χ3v) is 3.46. The van der Waals surface area contributed by atoms with Crippen LogP contribution < -0.4 is 10.2 Å². The smallest absolute Gasteiger partial charge is 0.278 e. The molecule has 1 aliphatic heterocycles. The Morgan fingerprint density at radius 2 is 2.05 bits per heavy atom. The second-order valence-corrected chi connectivity index (χ2v) is 5.18. The van der Waals surface area contributed by atoms with Crippen molar-refractivity contribution in [3.8, 4) is 0 Å². The Kier molecular flexibility index (Phi) is 2.94. The second-order valence-electron chi connectivity index (χ2n) is 4.26. The minimum atomic E-state index is -0.416. The average Bonchev–Trinajstić information content (AvgIpc) is 2.38. The number of hydrogen-bond acceptors (Lipinski definition) is 3. The van der Waals surface area contributed by atoms with E-state index in [9.17, 15) is 9.59 Å². The summed E-state index contributed by atoms with van der Waals surface area (Å²) in [6.45, 7) is 0.361. The maximum atomic E-state index is 11.7. The van der Waals surface area contributed by atoms with Crippen LogP contribution in [0.25, 0.3) is 10.9 Å². The first-order valence-electron chi connectivity index (χ1n) is 5.81. The summed E-state index contributed by atoms with van der Waals surface area (Å²) in [5, 5.41) is 3.28. The van der Waals surface area contributed by atoms with Gasteiger partial charge in [-0.25, -0.2) is 9.78 Å². The van der Waals surface area contributed by atoms with Gasteiger partial charge in [-0.05, 0) is 30.3 Å². The van der Waals surface area contributed by atoms with E-state index in [1.165, 1.54) is 4.90 Å². The van der Waals surface area contributed by atoms with Crippen molar-refractivity contribution in [2.45, 2.75) is 6.42 Å². The number of imide groups is 1. The molecule has 96 valence electrons. The molecule has 0 bridgehead atoms. The van der Waals surface area contributed by atoms with Gasteiger partial charge in [0, 0.05) is 22.8 Å². The van der Waals surface area contributed by atoms with E-state index in [4.69, 9.17) is 0 Å². The van der Waals surface area contributed by atoms with E-state index in [0.717, 1.165) is 15.4 Å². The maximum absolute atomic E-state index is 11.7. The number of nitrogens with one attached hydrogen (secondary N) is 1. The summed E-state index contributed by atoms with van der Waals surface area (Å²) in [6, 6.07) is 9.03. The monoisotopic (exact) mass is 319 g/mol. The Morgan fingerprint density at radius 1 is 1.21 bits per heavy atom. The lowest BCUT2D eigenvalue weighted by atomic mass is 10.2. The van der Waals surface area contributed by atoms with Gasteiger partial charge in [-0.1, -0.05) is 15.9 Å². The predicted octanol–water partition coefficient (Wildman–Crippen LogP) is 2.44. The lowest BCUT2D eigenvalue weighted by molar-refractivity contribution is -0.120. The second kappa shape index (κ2) is 4.62. The molecule has 1 saturated heterocycles. The molecule has 2 aromatic rings. The topological polar surface area (TPSA) is 62.3 Å². The molecule has 1 aromatic carbocycles. The average molecular weight is 320 g/mol. The van der Waals surface area contributed by atoms with Crippen molar-refractivity contribution in [3.63, 3.8) is 0 Å². The van der Waals surface area contributed by atoms with E-state index in [-0.39, 0.29) is 5.91 Å². The lowest BCUT2D eigenvalue weighted by Gasteiger charge is -2.25. The number of hydrogen-bond donors (Lipinski definition) is 1. The predicted molar refractivity (Wildman–Crippen MR) is 74.9 cm³/mol. The van der Waals surface area contributed by atoms with Crippen molar-refractivity contribution in [1.82, 2.24) is 10.3 Å². The SMILES string of the molecule is O=C1CCN(c2ccc3cc(Br)ccc3n2)C(=O)N1. The van der Waals surface area contributed by atoms with Crippen LogP contribution in [0.15, 0.2) is 34.8 Å². The fourth-order valence-corrected chi connectivity index (χ4v) is 2.40. The summed E-state index contributed by atoms with van der Waals surface area (Å²) in [5.74, 6) is 0.311. The van der Waals surface area contributed by atoms with E-state index in [1.807, 2.05) is 24.3 Å². The van der Waals surface area contributed by atoms with E-state index in [1.54, 1.807) is 6.07 Å². The Hall–Kier alpha value is -1.95. The van der Waals surface area contributed by atoms with E-state index in [0.29, 0.717) is 18.8 Å². The molecule has 3 amide bonds. The molecule has 5 nitrogen and oxygen atoms in total. The van der Waals surface area contributed by atoms with E-state index < -0.39 is 6.03 Å². The number of fused-ring (bicyclic) bond motifs is 1. The van der Waals surface area contributed by atoms with Crippen molar-refractivity contribution in [1.29, 1.82) is 0 Å². The quantitative estimate of drug-likeness (QED) is 0.878. The molecule has 0 saturated carbocycles. The number of aromatic nitrogens is 1. The number of benzene rings is 1.